The molecule has 0 radical (unpaired) electrons. The molecule has 0 saturated heterocycles. The van der Waals surface area contributed by atoms with E-state index in [1.807, 2.05) is 0 Å². The lowest BCUT2D eigenvalue weighted by Crippen LogP contribution is -2.29. The van der Waals surface area contributed by atoms with Crippen LogP contribution < -0.4 is 0 Å². The number of hydrogen-bond acceptors (Lipinski definition) is 5. The van der Waals surface area contributed by atoms with Crippen LogP contribution in [0.3, 0.4) is 0 Å². The van der Waals surface area contributed by atoms with Crippen LogP contribution in [0.2, 0.25) is 0 Å². The topological polar surface area (TPSA) is 72.6 Å². The van der Waals surface area contributed by atoms with Gasteiger partial charge in [-0.1, -0.05) is 5.16 Å². The zero-order chi connectivity index (χ0) is 13.1. The Labute approximate surface area is 105 Å². The average molecular weight is 252 g/mol. The Morgan fingerprint density at radius 2 is 2.28 bits per heavy atom. The third-order valence-corrected chi connectivity index (χ3v) is 2.95. The molecule has 1 heterocycles. The van der Waals surface area contributed by atoms with Crippen molar-refractivity contribution in [2.24, 2.45) is 0 Å². The summed E-state index contributed by atoms with van der Waals surface area (Å²) >= 11 is 0. The summed E-state index contributed by atoms with van der Waals surface area (Å²) in [5, 5.41) is 3.76. The number of esters is 1. The Kier molecular flexibility index (Phi) is 3.64. The van der Waals surface area contributed by atoms with Crippen LogP contribution in [0.1, 0.15) is 41.4 Å². The van der Waals surface area contributed by atoms with Gasteiger partial charge < -0.3 is 14.2 Å². The molecule has 0 atom stereocenters. The average Bonchev–Trinajstić information content (AvgIpc) is 3.12. The molecule has 6 nitrogen and oxygen atoms in total. The molecule has 0 aromatic carbocycles. The second kappa shape index (κ2) is 5.20. The van der Waals surface area contributed by atoms with E-state index in [0.29, 0.717) is 18.2 Å². The fourth-order valence-electron chi connectivity index (χ4n) is 1.61. The largest absolute Gasteiger partial charge is 0.469 e. The van der Waals surface area contributed by atoms with Crippen LogP contribution in [-0.2, 0) is 9.53 Å². The van der Waals surface area contributed by atoms with Crippen LogP contribution in [0.25, 0.3) is 0 Å². The van der Waals surface area contributed by atoms with Crippen molar-refractivity contribution in [3.63, 3.8) is 0 Å². The van der Waals surface area contributed by atoms with Gasteiger partial charge in [0.1, 0.15) is 5.76 Å². The van der Waals surface area contributed by atoms with Crippen LogP contribution >= 0.6 is 0 Å². The van der Waals surface area contributed by atoms with Crippen molar-refractivity contribution in [3.8, 4) is 0 Å². The van der Waals surface area contributed by atoms with E-state index in [0.717, 1.165) is 18.6 Å². The molecule has 0 aliphatic heterocycles. The number of carbonyl (C=O) groups is 2. The fraction of sp³-hybridized carbons (Fsp3) is 0.583. The zero-order valence-corrected chi connectivity index (χ0v) is 10.5. The minimum absolute atomic E-state index is 0.173. The maximum absolute atomic E-state index is 12.0. The normalized spacial score (nSPS) is 14.3. The first-order valence-electron chi connectivity index (χ1n) is 5.90. The van der Waals surface area contributed by atoms with Crippen molar-refractivity contribution in [3.05, 3.63) is 17.5 Å². The number of hydrogen-bond donors (Lipinski definition) is 0. The molecule has 1 aliphatic rings. The van der Waals surface area contributed by atoms with E-state index in [1.165, 1.54) is 12.0 Å². The summed E-state index contributed by atoms with van der Waals surface area (Å²) < 4.78 is 9.64. The predicted octanol–water partition coefficient (Wildman–Crippen LogP) is 1.19. The van der Waals surface area contributed by atoms with Gasteiger partial charge in [-0.25, -0.2) is 0 Å². The van der Waals surface area contributed by atoms with Crippen molar-refractivity contribution >= 4 is 11.9 Å². The number of amides is 1. The lowest BCUT2D eigenvalue weighted by Gasteiger charge is -2.14. The lowest BCUT2D eigenvalue weighted by molar-refractivity contribution is -0.140. The van der Waals surface area contributed by atoms with Crippen molar-refractivity contribution < 1.29 is 18.8 Å². The SMILES string of the molecule is COC(=O)CCN(C)C(=O)c1cc(C2CC2)on1. The predicted molar refractivity (Wildman–Crippen MR) is 62.1 cm³/mol. The van der Waals surface area contributed by atoms with Crippen molar-refractivity contribution in [1.29, 1.82) is 0 Å². The van der Waals surface area contributed by atoms with Gasteiger partial charge in [-0.15, -0.1) is 0 Å². The molecule has 1 aliphatic carbocycles. The van der Waals surface area contributed by atoms with E-state index in [-0.39, 0.29) is 18.3 Å². The minimum atomic E-state index is -0.339. The zero-order valence-electron chi connectivity index (χ0n) is 10.5. The molecule has 1 fully saturated rings. The fourth-order valence-corrected chi connectivity index (χ4v) is 1.61. The molecule has 0 spiro atoms. The Morgan fingerprint density at radius 3 is 2.89 bits per heavy atom. The van der Waals surface area contributed by atoms with E-state index in [9.17, 15) is 9.59 Å². The van der Waals surface area contributed by atoms with E-state index >= 15 is 0 Å². The minimum Gasteiger partial charge on any atom is -0.469 e. The van der Waals surface area contributed by atoms with E-state index in [4.69, 9.17) is 4.52 Å². The first-order chi connectivity index (χ1) is 8.61. The van der Waals surface area contributed by atoms with Gasteiger partial charge in [0.15, 0.2) is 5.69 Å². The standard InChI is InChI=1S/C12H16N2O4/c1-14(6-5-11(15)17-2)12(16)9-7-10(18-13-9)8-3-4-8/h7-8H,3-6H2,1-2H3. The molecule has 0 unspecified atom stereocenters. The highest BCUT2D eigenvalue weighted by Crippen LogP contribution is 2.40. The number of carbonyl (C=O) groups excluding carboxylic acids is 2. The third-order valence-electron chi connectivity index (χ3n) is 2.95. The highest BCUT2D eigenvalue weighted by molar-refractivity contribution is 5.92. The monoisotopic (exact) mass is 252 g/mol. The first kappa shape index (κ1) is 12.6. The molecule has 0 N–H and O–H groups in total. The molecule has 0 bridgehead atoms. The van der Waals surface area contributed by atoms with Gasteiger partial charge >= 0.3 is 5.97 Å². The van der Waals surface area contributed by atoms with Crippen molar-refractivity contribution in [2.45, 2.75) is 25.2 Å². The number of methoxy groups -OCH3 is 1. The summed E-state index contributed by atoms with van der Waals surface area (Å²) in [5.74, 6) is 0.627. The Balaban J connectivity index is 1.90. The van der Waals surface area contributed by atoms with Crippen LogP contribution in [0.15, 0.2) is 10.6 Å². The molecule has 18 heavy (non-hydrogen) atoms. The Morgan fingerprint density at radius 1 is 1.56 bits per heavy atom. The van der Waals surface area contributed by atoms with Gasteiger partial charge in [0, 0.05) is 25.6 Å². The maximum atomic E-state index is 12.0. The van der Waals surface area contributed by atoms with Crippen molar-refractivity contribution in [1.82, 2.24) is 10.1 Å². The molecule has 2 rings (SSSR count). The summed E-state index contributed by atoms with van der Waals surface area (Å²) in [6, 6.07) is 1.69. The highest BCUT2D eigenvalue weighted by atomic mass is 16.5. The van der Waals surface area contributed by atoms with Crippen molar-refractivity contribution in [2.75, 3.05) is 20.7 Å². The summed E-state index contributed by atoms with van der Waals surface area (Å²) in [4.78, 5) is 24.4. The molecule has 98 valence electrons. The van der Waals surface area contributed by atoms with Crippen LogP contribution in [-0.4, -0.2) is 42.6 Å². The van der Waals surface area contributed by atoms with Gasteiger partial charge in [0.2, 0.25) is 0 Å². The molecule has 6 heteroatoms. The summed E-state index contributed by atoms with van der Waals surface area (Å²) in [6.07, 6.45) is 2.37. The van der Waals surface area contributed by atoms with E-state index < -0.39 is 0 Å². The lowest BCUT2D eigenvalue weighted by atomic mass is 10.2. The molecule has 1 saturated carbocycles. The van der Waals surface area contributed by atoms with Gasteiger partial charge in [-0.3, -0.25) is 9.59 Å². The summed E-state index contributed by atoms with van der Waals surface area (Å²) in [5.41, 5.74) is 0.296. The number of rotatable bonds is 5. The van der Waals surface area contributed by atoms with E-state index in [1.54, 1.807) is 13.1 Å². The summed E-state index contributed by atoms with van der Waals surface area (Å²) in [6.45, 7) is 0.303. The second-order valence-electron chi connectivity index (χ2n) is 4.44. The number of aromatic nitrogens is 1. The Bertz CT molecular complexity index is 451. The molecular weight excluding hydrogens is 236 g/mol. The first-order valence-corrected chi connectivity index (χ1v) is 5.90. The van der Waals surface area contributed by atoms with Gasteiger partial charge in [-0.05, 0) is 12.8 Å². The summed E-state index contributed by atoms with van der Waals surface area (Å²) in [7, 11) is 2.94. The van der Waals surface area contributed by atoms with Gasteiger partial charge in [0.25, 0.3) is 5.91 Å². The van der Waals surface area contributed by atoms with Crippen LogP contribution in [0.5, 0.6) is 0 Å². The number of ether oxygens (including phenoxy) is 1. The quantitative estimate of drug-likeness (QED) is 0.736. The van der Waals surface area contributed by atoms with Gasteiger partial charge in [-0.2, -0.15) is 0 Å². The number of nitrogens with zero attached hydrogens (tertiary/aromatic N) is 2. The maximum Gasteiger partial charge on any atom is 0.307 e. The second-order valence-corrected chi connectivity index (χ2v) is 4.44. The smallest absolute Gasteiger partial charge is 0.307 e. The molecule has 1 aromatic rings. The Hall–Kier alpha value is -1.85. The molecular formula is C12H16N2O4. The van der Waals surface area contributed by atoms with Crippen LogP contribution in [0, 0.1) is 0 Å². The van der Waals surface area contributed by atoms with Crippen LogP contribution in [0.4, 0.5) is 0 Å². The van der Waals surface area contributed by atoms with E-state index in [2.05, 4.69) is 9.89 Å². The molecule has 1 amide bonds. The third kappa shape index (κ3) is 2.88. The molecule has 1 aromatic heterocycles. The van der Waals surface area contributed by atoms with Gasteiger partial charge in [0.05, 0.1) is 13.5 Å². The highest BCUT2D eigenvalue weighted by Gasteiger charge is 2.29.